The number of nitrogens with zero attached hydrogens (tertiary/aromatic N) is 2. The summed E-state index contributed by atoms with van der Waals surface area (Å²) in [4.78, 5) is 32.7. The van der Waals surface area contributed by atoms with Crippen LogP contribution in [0.1, 0.15) is 52.9 Å². The number of hydrogen-bond donors (Lipinski definition) is 0. The van der Waals surface area contributed by atoms with E-state index in [-0.39, 0.29) is 24.0 Å². The SMILES string of the molecule is CON(C)C(=O)C12C[C@@H]1C1CCCCC1N2C(=O)OC(C)(C)C. The zero-order chi connectivity index (χ0) is 17.0. The minimum atomic E-state index is -0.743. The summed E-state index contributed by atoms with van der Waals surface area (Å²) in [5.41, 5.74) is -1.31. The van der Waals surface area contributed by atoms with Gasteiger partial charge in [-0.1, -0.05) is 12.8 Å². The van der Waals surface area contributed by atoms with E-state index >= 15 is 0 Å². The van der Waals surface area contributed by atoms with Gasteiger partial charge in [-0.05, 0) is 51.9 Å². The van der Waals surface area contributed by atoms with Crippen molar-refractivity contribution in [2.24, 2.45) is 11.8 Å². The van der Waals surface area contributed by atoms with Gasteiger partial charge in [-0.3, -0.25) is 14.5 Å². The first-order chi connectivity index (χ1) is 10.7. The number of ether oxygens (including phenoxy) is 1. The number of hydroxylamine groups is 2. The van der Waals surface area contributed by atoms with Crippen LogP contribution >= 0.6 is 0 Å². The molecule has 0 radical (unpaired) electrons. The molecule has 6 heteroatoms. The molecule has 1 aliphatic heterocycles. The monoisotopic (exact) mass is 324 g/mol. The molecule has 1 saturated heterocycles. The Labute approximate surface area is 138 Å². The molecular formula is C17H28N2O4. The summed E-state index contributed by atoms with van der Waals surface area (Å²) in [5, 5.41) is 1.26. The second-order valence-electron chi connectivity index (χ2n) is 8.09. The molecule has 2 amide bonds. The lowest BCUT2D eigenvalue weighted by Crippen LogP contribution is -2.55. The van der Waals surface area contributed by atoms with Crippen LogP contribution in [-0.4, -0.2) is 53.3 Å². The van der Waals surface area contributed by atoms with E-state index in [1.807, 2.05) is 20.8 Å². The minimum absolute atomic E-state index is 0.120. The van der Waals surface area contributed by atoms with Crippen LogP contribution in [0.15, 0.2) is 0 Å². The topological polar surface area (TPSA) is 59.1 Å². The van der Waals surface area contributed by atoms with Crippen molar-refractivity contribution in [2.45, 2.75) is 70.1 Å². The van der Waals surface area contributed by atoms with Crippen molar-refractivity contribution in [2.75, 3.05) is 14.2 Å². The molecule has 130 valence electrons. The average molecular weight is 324 g/mol. The zero-order valence-corrected chi connectivity index (χ0v) is 14.8. The van der Waals surface area contributed by atoms with Crippen molar-refractivity contribution >= 4 is 12.0 Å². The maximum Gasteiger partial charge on any atom is 0.411 e. The Kier molecular flexibility index (Phi) is 3.86. The van der Waals surface area contributed by atoms with E-state index in [2.05, 4.69) is 0 Å². The molecule has 0 N–H and O–H groups in total. The van der Waals surface area contributed by atoms with Crippen LogP contribution in [0.25, 0.3) is 0 Å². The summed E-state index contributed by atoms with van der Waals surface area (Å²) in [6.45, 7) is 5.58. The number of likely N-dealkylation sites (N-methyl/N-ethyl adjacent to an activating group) is 1. The van der Waals surface area contributed by atoms with E-state index in [0.29, 0.717) is 5.92 Å². The zero-order valence-electron chi connectivity index (χ0n) is 14.8. The number of piperidine rings is 1. The number of carbonyl (C=O) groups excluding carboxylic acids is 2. The Balaban J connectivity index is 1.92. The Hall–Kier alpha value is -1.30. The summed E-state index contributed by atoms with van der Waals surface area (Å²) in [5.74, 6) is 0.557. The van der Waals surface area contributed by atoms with Gasteiger partial charge >= 0.3 is 6.09 Å². The summed E-state index contributed by atoms with van der Waals surface area (Å²) in [6, 6.07) is 0.131. The minimum Gasteiger partial charge on any atom is -0.444 e. The first-order valence-electron chi connectivity index (χ1n) is 8.57. The van der Waals surface area contributed by atoms with Crippen LogP contribution in [0.5, 0.6) is 0 Å². The van der Waals surface area contributed by atoms with E-state index < -0.39 is 11.1 Å². The summed E-state index contributed by atoms with van der Waals surface area (Å²) in [7, 11) is 3.09. The molecule has 4 atom stereocenters. The van der Waals surface area contributed by atoms with E-state index in [0.717, 1.165) is 25.7 Å². The highest BCUT2D eigenvalue weighted by Gasteiger charge is 2.76. The fourth-order valence-electron chi connectivity index (χ4n) is 4.60. The van der Waals surface area contributed by atoms with Gasteiger partial charge in [0.25, 0.3) is 5.91 Å². The van der Waals surface area contributed by atoms with E-state index in [1.54, 1.807) is 11.9 Å². The quantitative estimate of drug-likeness (QED) is 0.733. The number of likely N-dealkylation sites (tertiary alicyclic amines) is 1. The molecule has 2 aliphatic carbocycles. The van der Waals surface area contributed by atoms with Gasteiger partial charge in [-0.25, -0.2) is 9.86 Å². The number of fused-ring (bicyclic) bond motifs is 3. The van der Waals surface area contributed by atoms with Crippen LogP contribution in [-0.2, 0) is 14.4 Å². The predicted octanol–water partition coefficient (Wildman–Crippen LogP) is 2.57. The van der Waals surface area contributed by atoms with E-state index in [9.17, 15) is 9.59 Å². The van der Waals surface area contributed by atoms with Crippen molar-refractivity contribution < 1.29 is 19.2 Å². The summed E-state index contributed by atoms with van der Waals surface area (Å²) >= 11 is 0. The van der Waals surface area contributed by atoms with Crippen LogP contribution < -0.4 is 0 Å². The van der Waals surface area contributed by atoms with E-state index in [4.69, 9.17) is 9.57 Å². The molecule has 23 heavy (non-hydrogen) atoms. The molecule has 6 nitrogen and oxygen atoms in total. The van der Waals surface area contributed by atoms with Crippen molar-refractivity contribution in [3.8, 4) is 0 Å². The van der Waals surface area contributed by atoms with Gasteiger partial charge in [0.15, 0.2) is 0 Å². The standard InChI is InChI=1S/C17H28N2O4/c1-16(2,3)23-15(21)19-13-9-7-6-8-11(13)12-10-17(12,19)14(20)18(4)22-5/h11-13H,6-10H2,1-5H3/t11?,12-,13?,17?/m1/s1. The fraction of sp³-hybridized carbons (Fsp3) is 0.882. The maximum atomic E-state index is 12.9. The summed E-state index contributed by atoms with van der Waals surface area (Å²) < 4.78 is 5.63. The molecule has 1 heterocycles. The number of carbonyl (C=O) groups is 2. The molecule has 3 rings (SSSR count). The Morgan fingerprint density at radius 2 is 1.87 bits per heavy atom. The third kappa shape index (κ3) is 2.51. The van der Waals surface area contributed by atoms with Crippen LogP contribution in [0.4, 0.5) is 4.79 Å². The van der Waals surface area contributed by atoms with Crippen LogP contribution in [0, 0.1) is 11.8 Å². The molecule has 0 bridgehead atoms. The summed E-state index contributed by atoms with van der Waals surface area (Å²) in [6.07, 6.45) is 4.74. The highest BCUT2D eigenvalue weighted by atomic mass is 16.7. The van der Waals surface area contributed by atoms with Crippen molar-refractivity contribution in [3.63, 3.8) is 0 Å². The second kappa shape index (κ2) is 5.36. The number of hydrogen-bond acceptors (Lipinski definition) is 4. The van der Waals surface area contributed by atoms with Crippen LogP contribution in [0.3, 0.4) is 0 Å². The largest absolute Gasteiger partial charge is 0.444 e. The van der Waals surface area contributed by atoms with E-state index in [1.165, 1.54) is 18.6 Å². The molecule has 0 spiro atoms. The van der Waals surface area contributed by atoms with Crippen LogP contribution in [0.2, 0.25) is 0 Å². The first kappa shape index (κ1) is 16.6. The predicted molar refractivity (Wildman–Crippen MR) is 84.4 cm³/mol. The van der Waals surface area contributed by atoms with Crippen molar-refractivity contribution in [1.29, 1.82) is 0 Å². The third-order valence-electron chi connectivity index (χ3n) is 5.56. The van der Waals surface area contributed by atoms with Gasteiger partial charge in [0.05, 0.1) is 7.11 Å². The Morgan fingerprint density at radius 1 is 1.22 bits per heavy atom. The van der Waals surface area contributed by atoms with Gasteiger partial charge in [0.1, 0.15) is 11.1 Å². The molecule has 2 saturated carbocycles. The fourth-order valence-corrected chi connectivity index (χ4v) is 4.60. The lowest BCUT2D eigenvalue weighted by molar-refractivity contribution is -0.176. The average Bonchev–Trinajstić information content (AvgIpc) is 3.14. The van der Waals surface area contributed by atoms with Crippen molar-refractivity contribution in [3.05, 3.63) is 0 Å². The normalized spacial score (nSPS) is 35.3. The molecular weight excluding hydrogens is 296 g/mol. The van der Waals surface area contributed by atoms with Gasteiger partial charge in [0.2, 0.25) is 0 Å². The third-order valence-corrected chi connectivity index (χ3v) is 5.56. The van der Waals surface area contributed by atoms with Crippen molar-refractivity contribution in [1.82, 2.24) is 9.96 Å². The lowest BCUT2D eigenvalue weighted by Gasteiger charge is -2.38. The second-order valence-corrected chi connectivity index (χ2v) is 8.09. The first-order valence-corrected chi connectivity index (χ1v) is 8.57. The molecule has 0 aromatic rings. The number of rotatable bonds is 2. The maximum absolute atomic E-state index is 12.9. The molecule has 3 aliphatic rings. The molecule has 3 unspecified atom stereocenters. The molecule has 0 aromatic carbocycles. The number of amides is 2. The highest BCUT2D eigenvalue weighted by Crippen LogP contribution is 2.64. The molecule has 3 fully saturated rings. The molecule has 0 aromatic heterocycles. The smallest absolute Gasteiger partial charge is 0.411 e. The van der Waals surface area contributed by atoms with Gasteiger partial charge in [-0.2, -0.15) is 0 Å². The lowest BCUT2D eigenvalue weighted by atomic mass is 9.83. The van der Waals surface area contributed by atoms with Gasteiger partial charge in [-0.15, -0.1) is 0 Å². The van der Waals surface area contributed by atoms with Gasteiger partial charge in [0, 0.05) is 13.1 Å². The highest BCUT2D eigenvalue weighted by molar-refractivity contribution is 5.94. The van der Waals surface area contributed by atoms with Gasteiger partial charge < -0.3 is 4.74 Å². The Morgan fingerprint density at radius 3 is 2.48 bits per heavy atom. The Bertz CT molecular complexity index is 515.